The molecule has 92 valence electrons. The topological polar surface area (TPSA) is 90.7 Å². The number of amides is 1. The maximum Gasteiger partial charge on any atom is 0.342 e. The summed E-state index contributed by atoms with van der Waals surface area (Å²) in [6, 6.07) is 4.73. The van der Waals surface area contributed by atoms with Crippen LogP contribution in [0.4, 0.5) is 5.69 Å². The van der Waals surface area contributed by atoms with Gasteiger partial charge in [-0.1, -0.05) is 6.07 Å². The highest BCUT2D eigenvalue weighted by molar-refractivity contribution is 5.95. The molecule has 0 spiro atoms. The number of hydrogen-bond acceptors (Lipinski definition) is 5. The van der Waals surface area contributed by atoms with Gasteiger partial charge in [0.05, 0.1) is 12.8 Å². The molecular formula is C11H14N2O4. The molecule has 0 radical (unpaired) electrons. The zero-order chi connectivity index (χ0) is 12.8. The van der Waals surface area contributed by atoms with Crippen molar-refractivity contribution < 1.29 is 19.1 Å². The Balaban J connectivity index is 2.82. The number of likely N-dealkylation sites (N-methyl/N-ethyl adjacent to an activating group) is 1. The fraction of sp³-hybridized carbons (Fsp3) is 0.273. The monoisotopic (exact) mass is 238 g/mol. The van der Waals surface area contributed by atoms with Crippen LogP contribution < -0.4 is 15.8 Å². The number of nitrogen functional groups attached to an aromatic ring is 1. The molecule has 0 fully saturated rings. The Morgan fingerprint density at radius 1 is 1.41 bits per heavy atom. The van der Waals surface area contributed by atoms with E-state index in [4.69, 9.17) is 15.2 Å². The van der Waals surface area contributed by atoms with Crippen molar-refractivity contribution in [2.45, 2.75) is 0 Å². The van der Waals surface area contributed by atoms with E-state index in [1.807, 2.05) is 0 Å². The summed E-state index contributed by atoms with van der Waals surface area (Å²) in [6.45, 7) is -0.340. The van der Waals surface area contributed by atoms with Crippen molar-refractivity contribution >= 4 is 17.6 Å². The second-order valence-electron chi connectivity index (χ2n) is 3.18. The Morgan fingerprint density at radius 3 is 2.71 bits per heavy atom. The van der Waals surface area contributed by atoms with Gasteiger partial charge in [0.2, 0.25) is 0 Å². The van der Waals surface area contributed by atoms with Crippen LogP contribution in [0, 0.1) is 0 Å². The summed E-state index contributed by atoms with van der Waals surface area (Å²) in [4.78, 5) is 22.6. The molecule has 0 aliphatic carbocycles. The minimum Gasteiger partial charge on any atom is -0.494 e. The number of methoxy groups -OCH3 is 1. The highest BCUT2D eigenvalue weighted by atomic mass is 16.5. The molecule has 0 aliphatic rings. The number of nitrogens with two attached hydrogens (primary N) is 1. The number of hydrogen-bond donors (Lipinski definition) is 2. The number of rotatable bonds is 4. The number of ether oxygens (including phenoxy) is 2. The van der Waals surface area contributed by atoms with E-state index in [1.54, 1.807) is 12.1 Å². The smallest absolute Gasteiger partial charge is 0.342 e. The normalized spacial score (nSPS) is 9.53. The lowest BCUT2D eigenvalue weighted by atomic mass is 10.2. The molecule has 1 amide bonds. The number of para-hydroxylation sites is 1. The van der Waals surface area contributed by atoms with E-state index in [-0.39, 0.29) is 23.8 Å². The number of anilines is 1. The summed E-state index contributed by atoms with van der Waals surface area (Å²) in [7, 11) is 2.86. The highest BCUT2D eigenvalue weighted by Gasteiger charge is 2.16. The number of nitrogens with one attached hydrogen (secondary N) is 1. The van der Waals surface area contributed by atoms with Gasteiger partial charge < -0.3 is 20.5 Å². The van der Waals surface area contributed by atoms with Crippen LogP contribution in [-0.4, -0.2) is 32.6 Å². The van der Waals surface area contributed by atoms with Crippen molar-refractivity contribution in [3.05, 3.63) is 23.8 Å². The van der Waals surface area contributed by atoms with E-state index >= 15 is 0 Å². The second kappa shape index (κ2) is 5.74. The average Bonchev–Trinajstić information content (AvgIpc) is 2.35. The van der Waals surface area contributed by atoms with Crippen LogP contribution in [0.5, 0.6) is 5.75 Å². The molecule has 0 saturated carbocycles. The van der Waals surface area contributed by atoms with E-state index in [0.29, 0.717) is 5.69 Å². The van der Waals surface area contributed by atoms with Crippen LogP contribution >= 0.6 is 0 Å². The predicted molar refractivity (Wildman–Crippen MR) is 61.8 cm³/mol. The van der Waals surface area contributed by atoms with E-state index in [9.17, 15) is 9.59 Å². The molecular weight excluding hydrogens is 224 g/mol. The van der Waals surface area contributed by atoms with Crippen molar-refractivity contribution in [2.75, 3.05) is 26.5 Å². The first-order valence-electron chi connectivity index (χ1n) is 4.90. The molecule has 3 N–H and O–H groups in total. The molecule has 0 saturated heterocycles. The lowest BCUT2D eigenvalue weighted by Crippen LogP contribution is -2.25. The van der Waals surface area contributed by atoms with Crippen LogP contribution in [0.15, 0.2) is 18.2 Å². The molecule has 6 heteroatoms. The fourth-order valence-corrected chi connectivity index (χ4v) is 1.22. The number of carbonyl (C=O) groups excluding carboxylic acids is 2. The first-order chi connectivity index (χ1) is 8.10. The second-order valence-corrected chi connectivity index (χ2v) is 3.18. The maximum absolute atomic E-state index is 11.7. The summed E-state index contributed by atoms with van der Waals surface area (Å²) < 4.78 is 9.80. The number of esters is 1. The summed E-state index contributed by atoms with van der Waals surface area (Å²) >= 11 is 0. The predicted octanol–water partition coefficient (Wildman–Crippen LogP) is 0.180. The van der Waals surface area contributed by atoms with Gasteiger partial charge in [0, 0.05) is 7.05 Å². The van der Waals surface area contributed by atoms with Crippen LogP contribution in [-0.2, 0) is 9.53 Å². The number of benzene rings is 1. The van der Waals surface area contributed by atoms with Crippen molar-refractivity contribution in [1.82, 2.24) is 5.32 Å². The molecule has 0 aliphatic heterocycles. The Kier molecular flexibility index (Phi) is 4.33. The van der Waals surface area contributed by atoms with Crippen molar-refractivity contribution in [3.8, 4) is 5.75 Å². The first-order valence-corrected chi connectivity index (χ1v) is 4.90. The van der Waals surface area contributed by atoms with Gasteiger partial charge in [0.1, 0.15) is 5.56 Å². The van der Waals surface area contributed by atoms with Crippen molar-refractivity contribution in [3.63, 3.8) is 0 Å². The van der Waals surface area contributed by atoms with Gasteiger partial charge in [-0.25, -0.2) is 4.79 Å². The lowest BCUT2D eigenvalue weighted by Gasteiger charge is -2.10. The third-order valence-corrected chi connectivity index (χ3v) is 2.08. The van der Waals surface area contributed by atoms with Crippen LogP contribution in [0.1, 0.15) is 10.4 Å². The van der Waals surface area contributed by atoms with Crippen LogP contribution in [0.3, 0.4) is 0 Å². The third kappa shape index (κ3) is 3.10. The lowest BCUT2D eigenvalue weighted by molar-refractivity contribution is -0.123. The molecule has 0 aromatic heterocycles. The van der Waals surface area contributed by atoms with Crippen molar-refractivity contribution in [2.24, 2.45) is 0 Å². The van der Waals surface area contributed by atoms with Crippen molar-refractivity contribution in [1.29, 1.82) is 0 Å². The Labute approximate surface area is 98.7 Å². The largest absolute Gasteiger partial charge is 0.494 e. The summed E-state index contributed by atoms with van der Waals surface area (Å²) in [6.07, 6.45) is 0. The summed E-state index contributed by atoms with van der Waals surface area (Å²) in [5, 5.41) is 2.34. The standard InChI is InChI=1S/C11H14N2O4/c1-13-9(14)6-17-11(15)7-4-3-5-8(12)10(7)16-2/h3-5H,6,12H2,1-2H3,(H,13,14). The molecule has 1 rings (SSSR count). The minimum absolute atomic E-state index is 0.191. The van der Waals surface area contributed by atoms with Crippen LogP contribution in [0.2, 0.25) is 0 Å². The minimum atomic E-state index is -0.655. The summed E-state index contributed by atoms with van der Waals surface area (Å²) in [5.74, 6) is -0.798. The Hall–Kier alpha value is -2.24. The molecule has 0 bridgehead atoms. The Bertz CT molecular complexity index is 431. The quantitative estimate of drug-likeness (QED) is 0.576. The van der Waals surface area contributed by atoms with Gasteiger partial charge in [0.25, 0.3) is 5.91 Å². The van der Waals surface area contributed by atoms with E-state index in [1.165, 1.54) is 20.2 Å². The zero-order valence-corrected chi connectivity index (χ0v) is 9.65. The molecule has 1 aromatic rings. The number of carbonyl (C=O) groups is 2. The third-order valence-electron chi connectivity index (χ3n) is 2.08. The van der Waals surface area contributed by atoms with E-state index in [2.05, 4.69) is 5.32 Å². The van der Waals surface area contributed by atoms with Gasteiger partial charge in [-0.2, -0.15) is 0 Å². The fourth-order valence-electron chi connectivity index (χ4n) is 1.22. The van der Waals surface area contributed by atoms with Gasteiger partial charge >= 0.3 is 5.97 Å². The van der Waals surface area contributed by atoms with Gasteiger partial charge in [0.15, 0.2) is 12.4 Å². The molecule has 0 unspecified atom stereocenters. The molecule has 0 atom stereocenters. The molecule has 1 aromatic carbocycles. The highest BCUT2D eigenvalue weighted by Crippen LogP contribution is 2.26. The molecule has 17 heavy (non-hydrogen) atoms. The zero-order valence-electron chi connectivity index (χ0n) is 9.65. The average molecular weight is 238 g/mol. The molecule has 6 nitrogen and oxygen atoms in total. The van der Waals surface area contributed by atoms with Gasteiger partial charge in [-0.15, -0.1) is 0 Å². The van der Waals surface area contributed by atoms with E-state index in [0.717, 1.165) is 0 Å². The first kappa shape index (κ1) is 12.8. The van der Waals surface area contributed by atoms with Crippen LogP contribution in [0.25, 0.3) is 0 Å². The summed E-state index contributed by atoms with van der Waals surface area (Å²) in [5.41, 5.74) is 6.17. The van der Waals surface area contributed by atoms with Gasteiger partial charge in [-0.05, 0) is 12.1 Å². The SMILES string of the molecule is CNC(=O)COC(=O)c1cccc(N)c1OC. The maximum atomic E-state index is 11.7. The van der Waals surface area contributed by atoms with Gasteiger partial charge in [-0.3, -0.25) is 4.79 Å². The van der Waals surface area contributed by atoms with E-state index < -0.39 is 5.97 Å². The molecule has 0 heterocycles. The Morgan fingerprint density at radius 2 is 2.12 bits per heavy atom.